The molecule has 0 saturated carbocycles. The highest BCUT2D eigenvalue weighted by atomic mass is 16.6. The highest BCUT2D eigenvalue weighted by molar-refractivity contribution is 6.03. The molecule has 0 spiro atoms. The molecule has 1 heterocycles. The highest BCUT2D eigenvalue weighted by Gasteiger charge is 2.22. The van der Waals surface area contributed by atoms with Gasteiger partial charge in [0.15, 0.2) is 0 Å². The molecule has 0 aliphatic heterocycles. The Labute approximate surface area is 177 Å². The number of nitro groups is 1. The molecule has 3 aromatic rings. The van der Waals surface area contributed by atoms with Crippen LogP contribution in [0.15, 0.2) is 48.7 Å². The van der Waals surface area contributed by atoms with Crippen LogP contribution in [-0.2, 0) is 4.79 Å². The first-order valence-corrected chi connectivity index (χ1v) is 9.27. The zero-order valence-electron chi connectivity index (χ0n) is 17.0. The number of aromatic nitrogens is 2. The Morgan fingerprint density at radius 1 is 1.13 bits per heavy atom. The van der Waals surface area contributed by atoms with Crippen LogP contribution in [0.1, 0.15) is 34.6 Å². The minimum absolute atomic E-state index is 0.00168. The summed E-state index contributed by atoms with van der Waals surface area (Å²) in [6.07, 6.45) is 1.30. The number of aryl methyl sites for hydroxylation is 2. The van der Waals surface area contributed by atoms with Crippen molar-refractivity contribution in [2.45, 2.75) is 26.8 Å². The Balaban J connectivity index is 1.91. The van der Waals surface area contributed by atoms with Gasteiger partial charge in [0.25, 0.3) is 11.6 Å². The van der Waals surface area contributed by atoms with Gasteiger partial charge in [-0.05, 0) is 50.1 Å². The van der Waals surface area contributed by atoms with E-state index in [9.17, 15) is 24.8 Å². The average molecular weight is 424 g/mol. The van der Waals surface area contributed by atoms with Gasteiger partial charge in [-0.15, -0.1) is 0 Å². The monoisotopic (exact) mass is 424 g/mol. The molecule has 160 valence electrons. The van der Waals surface area contributed by atoms with Crippen molar-refractivity contribution < 1.29 is 24.4 Å². The molecule has 0 radical (unpaired) electrons. The molecule has 0 saturated heterocycles. The standard InChI is InChI=1S/C21H20N4O6/c1-12-6-13(2)8-17(7-12)31-18-10-15(9-16(11-18)25(29)30)23-20(26)19-4-5-22-24(19)14(3)21(27)28/h4-11,14H,1-3H3,(H,23,26)(H,27,28). The minimum atomic E-state index is -1.16. The number of carbonyl (C=O) groups excluding carboxylic acids is 1. The third-order valence-corrected chi connectivity index (χ3v) is 4.42. The number of aliphatic carboxylic acids is 1. The number of benzene rings is 2. The third-order valence-electron chi connectivity index (χ3n) is 4.42. The lowest BCUT2D eigenvalue weighted by molar-refractivity contribution is -0.384. The number of nitrogens with zero attached hydrogens (tertiary/aromatic N) is 3. The van der Waals surface area contributed by atoms with Crippen LogP contribution in [0.2, 0.25) is 0 Å². The van der Waals surface area contributed by atoms with Crippen LogP contribution in [0, 0.1) is 24.0 Å². The lowest BCUT2D eigenvalue weighted by atomic mass is 10.1. The van der Waals surface area contributed by atoms with Gasteiger partial charge in [0.05, 0.1) is 16.7 Å². The fourth-order valence-electron chi connectivity index (χ4n) is 3.05. The van der Waals surface area contributed by atoms with E-state index < -0.39 is 22.8 Å². The number of non-ortho nitro benzene ring substituents is 1. The van der Waals surface area contributed by atoms with E-state index in [2.05, 4.69) is 10.4 Å². The minimum Gasteiger partial charge on any atom is -0.480 e. The van der Waals surface area contributed by atoms with Crippen LogP contribution in [0.25, 0.3) is 0 Å². The zero-order chi connectivity index (χ0) is 22.7. The lowest BCUT2D eigenvalue weighted by Crippen LogP contribution is -2.24. The first-order valence-electron chi connectivity index (χ1n) is 9.27. The Morgan fingerprint density at radius 2 is 1.77 bits per heavy atom. The van der Waals surface area contributed by atoms with E-state index in [0.29, 0.717) is 5.75 Å². The van der Waals surface area contributed by atoms with Gasteiger partial charge in [-0.1, -0.05) is 6.07 Å². The first kappa shape index (κ1) is 21.5. The largest absolute Gasteiger partial charge is 0.480 e. The van der Waals surface area contributed by atoms with Gasteiger partial charge in [-0.3, -0.25) is 14.9 Å². The molecule has 0 aliphatic rings. The number of anilines is 1. The van der Waals surface area contributed by atoms with E-state index in [1.165, 1.54) is 37.4 Å². The van der Waals surface area contributed by atoms with Crippen LogP contribution in [0.3, 0.4) is 0 Å². The maximum Gasteiger partial charge on any atom is 0.328 e. The van der Waals surface area contributed by atoms with Crippen LogP contribution >= 0.6 is 0 Å². The van der Waals surface area contributed by atoms with Gasteiger partial charge >= 0.3 is 5.97 Å². The number of carbonyl (C=O) groups is 2. The van der Waals surface area contributed by atoms with Gasteiger partial charge in [-0.25, -0.2) is 9.48 Å². The summed E-state index contributed by atoms with van der Waals surface area (Å²) in [6, 6.07) is 9.73. The summed E-state index contributed by atoms with van der Waals surface area (Å²) < 4.78 is 6.84. The van der Waals surface area contributed by atoms with Crippen molar-refractivity contribution >= 4 is 23.3 Å². The van der Waals surface area contributed by atoms with Crippen molar-refractivity contribution in [3.63, 3.8) is 0 Å². The predicted molar refractivity (Wildman–Crippen MR) is 112 cm³/mol. The molecule has 31 heavy (non-hydrogen) atoms. The van der Waals surface area contributed by atoms with Crippen molar-refractivity contribution in [1.82, 2.24) is 9.78 Å². The Kier molecular flexibility index (Phi) is 6.00. The van der Waals surface area contributed by atoms with Gasteiger partial charge in [0.1, 0.15) is 23.2 Å². The molecule has 1 aromatic heterocycles. The molecule has 0 bridgehead atoms. The molecule has 2 aromatic carbocycles. The fraction of sp³-hybridized carbons (Fsp3) is 0.190. The quantitative estimate of drug-likeness (QED) is 0.430. The summed E-state index contributed by atoms with van der Waals surface area (Å²) >= 11 is 0. The number of hydrogen-bond acceptors (Lipinski definition) is 6. The number of nitro benzene ring substituents is 1. The maximum absolute atomic E-state index is 12.7. The number of amides is 1. The zero-order valence-corrected chi connectivity index (χ0v) is 17.0. The SMILES string of the molecule is Cc1cc(C)cc(Oc2cc(NC(=O)c3ccnn3C(C)C(=O)O)cc([N+](=O)[O-])c2)c1. The number of hydrogen-bond donors (Lipinski definition) is 2. The summed E-state index contributed by atoms with van der Waals surface area (Å²) in [5.74, 6) is -1.15. The van der Waals surface area contributed by atoms with Crippen LogP contribution < -0.4 is 10.1 Å². The highest BCUT2D eigenvalue weighted by Crippen LogP contribution is 2.31. The average Bonchev–Trinajstić information content (AvgIpc) is 3.16. The maximum atomic E-state index is 12.7. The second kappa shape index (κ2) is 8.66. The number of carboxylic acids is 1. The van der Waals surface area contributed by atoms with E-state index in [4.69, 9.17) is 4.74 Å². The Morgan fingerprint density at radius 3 is 2.39 bits per heavy atom. The molecular weight excluding hydrogens is 404 g/mol. The molecular formula is C21H20N4O6. The second-order valence-corrected chi connectivity index (χ2v) is 7.03. The van der Waals surface area contributed by atoms with Crippen LogP contribution in [0.4, 0.5) is 11.4 Å². The Bertz CT molecular complexity index is 1150. The van der Waals surface area contributed by atoms with Crippen molar-refractivity contribution in [1.29, 1.82) is 0 Å². The fourth-order valence-corrected chi connectivity index (χ4v) is 3.05. The van der Waals surface area contributed by atoms with E-state index in [1.54, 1.807) is 12.1 Å². The summed E-state index contributed by atoms with van der Waals surface area (Å²) in [5, 5.41) is 27.0. The normalized spacial score (nSPS) is 11.6. The third kappa shape index (κ3) is 5.04. The smallest absolute Gasteiger partial charge is 0.328 e. The van der Waals surface area contributed by atoms with Crippen molar-refractivity contribution in [2.24, 2.45) is 0 Å². The molecule has 1 amide bonds. The van der Waals surface area contributed by atoms with Gasteiger partial charge in [0, 0.05) is 18.3 Å². The molecule has 0 fully saturated rings. The van der Waals surface area contributed by atoms with Gasteiger partial charge in [-0.2, -0.15) is 5.10 Å². The first-order chi connectivity index (χ1) is 14.6. The van der Waals surface area contributed by atoms with E-state index in [0.717, 1.165) is 15.8 Å². The summed E-state index contributed by atoms with van der Waals surface area (Å²) in [4.78, 5) is 34.7. The lowest BCUT2D eigenvalue weighted by Gasteiger charge is -2.13. The molecule has 3 rings (SSSR count). The predicted octanol–water partition coefficient (Wildman–Crippen LogP) is 4.10. The van der Waals surface area contributed by atoms with Crippen LogP contribution in [0.5, 0.6) is 11.5 Å². The number of carboxylic acid groups (broad SMARTS) is 1. The molecule has 10 heteroatoms. The number of nitrogens with one attached hydrogen (secondary N) is 1. The second-order valence-electron chi connectivity index (χ2n) is 7.03. The summed E-state index contributed by atoms with van der Waals surface area (Å²) in [6.45, 7) is 5.19. The molecule has 10 nitrogen and oxygen atoms in total. The van der Waals surface area contributed by atoms with E-state index >= 15 is 0 Å². The van der Waals surface area contributed by atoms with Crippen molar-refractivity contribution in [3.8, 4) is 11.5 Å². The molecule has 2 N–H and O–H groups in total. The molecule has 1 unspecified atom stereocenters. The van der Waals surface area contributed by atoms with Gasteiger partial charge < -0.3 is 15.2 Å². The Hall–Kier alpha value is -4.21. The summed E-state index contributed by atoms with van der Waals surface area (Å²) in [5.41, 5.74) is 1.78. The molecule has 1 atom stereocenters. The molecule has 0 aliphatic carbocycles. The van der Waals surface area contributed by atoms with E-state index in [-0.39, 0.29) is 22.8 Å². The topological polar surface area (TPSA) is 137 Å². The van der Waals surface area contributed by atoms with Crippen molar-refractivity contribution in [2.75, 3.05) is 5.32 Å². The van der Waals surface area contributed by atoms with Gasteiger partial charge in [0.2, 0.25) is 0 Å². The summed E-state index contributed by atoms with van der Waals surface area (Å²) in [7, 11) is 0. The number of ether oxygens (including phenoxy) is 1. The van der Waals surface area contributed by atoms with E-state index in [1.807, 2.05) is 19.9 Å². The van der Waals surface area contributed by atoms with Crippen molar-refractivity contribution in [3.05, 3.63) is 75.6 Å². The van der Waals surface area contributed by atoms with Crippen LogP contribution in [-0.4, -0.2) is 31.7 Å². The number of rotatable bonds is 7.